The van der Waals surface area contributed by atoms with Gasteiger partial charge in [0.2, 0.25) is 0 Å². The quantitative estimate of drug-likeness (QED) is 0.751. The van der Waals surface area contributed by atoms with Crippen molar-refractivity contribution in [2.75, 3.05) is 0 Å². The summed E-state index contributed by atoms with van der Waals surface area (Å²) in [6, 6.07) is 9.73. The van der Waals surface area contributed by atoms with Gasteiger partial charge < -0.3 is 5.11 Å². The molecule has 2 aromatic heterocycles. The first-order valence-corrected chi connectivity index (χ1v) is 6.14. The average molecular weight is 242 g/mol. The van der Waals surface area contributed by atoms with Gasteiger partial charge in [-0.3, -0.25) is 9.97 Å². The zero-order valence-corrected chi connectivity index (χ0v) is 9.76. The van der Waals surface area contributed by atoms with Crippen LogP contribution in [0.15, 0.2) is 48.2 Å². The number of hydrogen-bond donors (Lipinski definition) is 1. The molecule has 0 aliphatic heterocycles. The highest BCUT2D eigenvalue weighted by Crippen LogP contribution is 2.26. The van der Waals surface area contributed by atoms with Gasteiger partial charge in [0.05, 0.1) is 15.9 Å². The molecule has 1 unspecified atom stereocenters. The van der Waals surface area contributed by atoms with Gasteiger partial charge >= 0.3 is 0 Å². The Morgan fingerprint density at radius 2 is 2.18 bits per heavy atom. The standard InChI is InChI=1S/C13H10N2OS/c16-13(12-7-14-8-17-12)10-4-3-9-2-1-5-15-11(9)6-10/h1-8,13,16H. The van der Waals surface area contributed by atoms with Gasteiger partial charge in [0.15, 0.2) is 0 Å². The molecule has 1 atom stereocenters. The van der Waals surface area contributed by atoms with Crippen LogP contribution in [0.3, 0.4) is 0 Å². The Kier molecular flexibility index (Phi) is 2.59. The molecule has 0 amide bonds. The van der Waals surface area contributed by atoms with E-state index in [0.717, 1.165) is 21.3 Å². The highest BCUT2D eigenvalue weighted by Gasteiger charge is 2.12. The molecule has 0 saturated carbocycles. The Hall–Kier alpha value is -1.78. The summed E-state index contributed by atoms with van der Waals surface area (Å²) in [5, 5.41) is 11.3. The molecule has 0 aliphatic rings. The monoisotopic (exact) mass is 242 g/mol. The number of rotatable bonds is 2. The van der Waals surface area contributed by atoms with Crippen LogP contribution in [-0.2, 0) is 0 Å². The van der Waals surface area contributed by atoms with Gasteiger partial charge in [0, 0.05) is 17.8 Å². The lowest BCUT2D eigenvalue weighted by Gasteiger charge is -2.08. The van der Waals surface area contributed by atoms with E-state index in [1.165, 1.54) is 11.3 Å². The van der Waals surface area contributed by atoms with Crippen molar-refractivity contribution in [2.24, 2.45) is 0 Å². The summed E-state index contributed by atoms with van der Waals surface area (Å²) in [6.45, 7) is 0. The summed E-state index contributed by atoms with van der Waals surface area (Å²) in [6.07, 6.45) is 2.83. The minimum Gasteiger partial charge on any atom is -0.383 e. The van der Waals surface area contributed by atoms with E-state index in [0.29, 0.717) is 0 Å². The van der Waals surface area contributed by atoms with Gasteiger partial charge in [-0.1, -0.05) is 18.2 Å². The molecule has 0 bridgehead atoms. The van der Waals surface area contributed by atoms with Crippen LogP contribution in [0.25, 0.3) is 10.9 Å². The van der Waals surface area contributed by atoms with E-state index in [2.05, 4.69) is 9.97 Å². The summed E-state index contributed by atoms with van der Waals surface area (Å²) in [5.74, 6) is 0. The maximum absolute atomic E-state index is 10.2. The largest absolute Gasteiger partial charge is 0.383 e. The highest BCUT2D eigenvalue weighted by molar-refractivity contribution is 7.09. The molecule has 0 radical (unpaired) electrons. The first-order valence-electron chi connectivity index (χ1n) is 5.26. The molecule has 0 fully saturated rings. The third kappa shape index (κ3) is 1.92. The Balaban J connectivity index is 2.06. The number of pyridine rings is 1. The van der Waals surface area contributed by atoms with Crippen LogP contribution < -0.4 is 0 Å². The van der Waals surface area contributed by atoms with Crippen molar-refractivity contribution in [1.82, 2.24) is 9.97 Å². The van der Waals surface area contributed by atoms with Gasteiger partial charge in [-0.15, -0.1) is 11.3 Å². The molecular formula is C13H10N2OS. The van der Waals surface area contributed by atoms with Gasteiger partial charge in [0.1, 0.15) is 6.10 Å². The summed E-state index contributed by atoms with van der Waals surface area (Å²) in [4.78, 5) is 9.10. The van der Waals surface area contributed by atoms with Crippen LogP contribution in [0.4, 0.5) is 0 Å². The van der Waals surface area contributed by atoms with E-state index in [9.17, 15) is 5.11 Å². The van der Waals surface area contributed by atoms with Gasteiger partial charge in [-0.25, -0.2) is 0 Å². The number of hydrogen-bond acceptors (Lipinski definition) is 4. The third-order valence-corrected chi connectivity index (χ3v) is 3.49. The number of nitrogens with zero attached hydrogens (tertiary/aromatic N) is 2. The highest BCUT2D eigenvalue weighted by atomic mass is 32.1. The molecule has 84 valence electrons. The van der Waals surface area contributed by atoms with E-state index in [1.54, 1.807) is 17.9 Å². The van der Waals surface area contributed by atoms with E-state index in [-0.39, 0.29) is 0 Å². The van der Waals surface area contributed by atoms with Crippen LogP contribution in [0, 0.1) is 0 Å². The van der Waals surface area contributed by atoms with Crippen LogP contribution >= 0.6 is 11.3 Å². The fourth-order valence-electron chi connectivity index (χ4n) is 1.78. The Morgan fingerprint density at radius 3 is 3.00 bits per heavy atom. The number of thiazole rings is 1. The van der Waals surface area contributed by atoms with Crippen molar-refractivity contribution < 1.29 is 5.11 Å². The second kappa shape index (κ2) is 4.24. The second-order valence-electron chi connectivity index (χ2n) is 3.76. The van der Waals surface area contributed by atoms with Crippen molar-refractivity contribution in [3.05, 3.63) is 58.7 Å². The lowest BCUT2D eigenvalue weighted by molar-refractivity contribution is 0.224. The van der Waals surface area contributed by atoms with Crippen molar-refractivity contribution in [3.63, 3.8) is 0 Å². The van der Waals surface area contributed by atoms with Crippen molar-refractivity contribution in [2.45, 2.75) is 6.10 Å². The summed E-state index contributed by atoms with van der Waals surface area (Å²) in [7, 11) is 0. The molecule has 3 nitrogen and oxygen atoms in total. The van der Waals surface area contributed by atoms with E-state index in [4.69, 9.17) is 0 Å². The number of aromatic nitrogens is 2. The van der Waals surface area contributed by atoms with Crippen LogP contribution in [0.5, 0.6) is 0 Å². The topological polar surface area (TPSA) is 46.0 Å². The van der Waals surface area contributed by atoms with Crippen molar-refractivity contribution in [3.8, 4) is 0 Å². The second-order valence-corrected chi connectivity index (χ2v) is 4.68. The van der Waals surface area contributed by atoms with E-state index in [1.807, 2.05) is 30.3 Å². The molecular weight excluding hydrogens is 232 g/mol. The minimum atomic E-state index is -0.617. The molecule has 1 N–H and O–H groups in total. The maximum atomic E-state index is 10.2. The molecule has 0 saturated heterocycles. The number of fused-ring (bicyclic) bond motifs is 1. The predicted molar refractivity (Wildman–Crippen MR) is 67.9 cm³/mol. The molecule has 2 heterocycles. The summed E-state index contributed by atoms with van der Waals surface area (Å²) in [5.41, 5.74) is 3.46. The van der Waals surface area contributed by atoms with Gasteiger partial charge in [-0.05, 0) is 17.7 Å². The SMILES string of the molecule is OC(c1ccc2cccnc2c1)c1cncs1. The summed E-state index contributed by atoms with van der Waals surface area (Å²) >= 11 is 1.45. The fraction of sp³-hybridized carbons (Fsp3) is 0.0769. The lowest BCUT2D eigenvalue weighted by Crippen LogP contribution is -1.97. The zero-order valence-electron chi connectivity index (χ0n) is 8.95. The zero-order chi connectivity index (χ0) is 11.7. The average Bonchev–Trinajstić information content (AvgIpc) is 2.91. The van der Waals surface area contributed by atoms with E-state index < -0.39 is 6.10 Å². The lowest BCUT2D eigenvalue weighted by atomic mass is 10.1. The minimum absolute atomic E-state index is 0.617. The number of aliphatic hydroxyl groups excluding tert-OH is 1. The molecule has 1 aromatic carbocycles. The van der Waals surface area contributed by atoms with E-state index >= 15 is 0 Å². The summed E-state index contributed by atoms with van der Waals surface area (Å²) < 4.78 is 0. The molecule has 17 heavy (non-hydrogen) atoms. The molecule has 3 aromatic rings. The predicted octanol–water partition coefficient (Wildman–Crippen LogP) is 2.77. The Labute approximate surface area is 102 Å². The Morgan fingerprint density at radius 1 is 1.24 bits per heavy atom. The molecule has 3 rings (SSSR count). The van der Waals surface area contributed by atoms with Gasteiger partial charge in [0.25, 0.3) is 0 Å². The first kappa shape index (κ1) is 10.4. The number of benzene rings is 1. The van der Waals surface area contributed by atoms with Crippen molar-refractivity contribution >= 4 is 22.2 Å². The Bertz CT molecular complexity index is 637. The molecule has 0 aliphatic carbocycles. The van der Waals surface area contributed by atoms with Crippen LogP contribution in [0.2, 0.25) is 0 Å². The van der Waals surface area contributed by atoms with Crippen LogP contribution in [0.1, 0.15) is 16.5 Å². The maximum Gasteiger partial charge on any atom is 0.115 e. The normalized spacial score (nSPS) is 12.8. The fourth-order valence-corrected chi connectivity index (χ4v) is 2.41. The smallest absolute Gasteiger partial charge is 0.115 e. The van der Waals surface area contributed by atoms with Gasteiger partial charge in [-0.2, -0.15) is 0 Å². The first-order chi connectivity index (χ1) is 8.34. The third-order valence-electron chi connectivity index (χ3n) is 2.67. The number of aliphatic hydroxyl groups is 1. The molecule has 0 spiro atoms. The van der Waals surface area contributed by atoms with Crippen LogP contribution in [-0.4, -0.2) is 15.1 Å². The molecule has 4 heteroatoms. The van der Waals surface area contributed by atoms with Crippen molar-refractivity contribution in [1.29, 1.82) is 0 Å².